The van der Waals surface area contributed by atoms with Gasteiger partial charge in [-0.15, -0.1) is 0 Å². The van der Waals surface area contributed by atoms with Crippen LogP contribution in [0, 0.1) is 6.92 Å². The van der Waals surface area contributed by atoms with Crippen molar-refractivity contribution in [3.8, 4) is 11.3 Å². The van der Waals surface area contributed by atoms with E-state index in [1.807, 2.05) is 13.8 Å². The molecule has 3 aromatic rings. The molecule has 1 aromatic heterocycles. The van der Waals surface area contributed by atoms with Crippen molar-refractivity contribution in [2.24, 2.45) is 0 Å². The average molecular weight is 391 g/mol. The number of aromatic nitrogens is 1. The molecule has 2 heterocycles. The minimum absolute atomic E-state index is 0.106. The number of benzene rings is 2. The predicted octanol–water partition coefficient (Wildman–Crippen LogP) is 5.62. The molecule has 0 radical (unpaired) electrons. The van der Waals surface area contributed by atoms with Crippen molar-refractivity contribution in [2.45, 2.75) is 52.2 Å². The maximum atomic E-state index is 12.7. The van der Waals surface area contributed by atoms with Gasteiger partial charge in [-0.05, 0) is 45.2 Å². The summed E-state index contributed by atoms with van der Waals surface area (Å²) in [5.74, 6) is 0.250. The van der Waals surface area contributed by atoms with Gasteiger partial charge in [0.05, 0.1) is 17.8 Å². The van der Waals surface area contributed by atoms with Gasteiger partial charge in [-0.25, -0.2) is 0 Å². The smallest absolute Gasteiger partial charge is 0.223 e. The molecule has 4 heteroatoms. The highest BCUT2D eigenvalue weighted by atomic mass is 16.5. The molecule has 1 atom stereocenters. The van der Waals surface area contributed by atoms with E-state index in [9.17, 15) is 4.79 Å². The molecule has 0 spiro atoms. The Hall–Kier alpha value is -2.59. The van der Waals surface area contributed by atoms with Gasteiger partial charge in [0.2, 0.25) is 5.91 Å². The number of aromatic amines is 1. The summed E-state index contributed by atoms with van der Waals surface area (Å²) in [6.07, 6.45) is 2.57. The second-order valence-corrected chi connectivity index (χ2v) is 8.24. The summed E-state index contributed by atoms with van der Waals surface area (Å²) in [5, 5.41) is 1.21. The zero-order chi connectivity index (χ0) is 20.4. The second kappa shape index (κ2) is 8.42. The van der Waals surface area contributed by atoms with E-state index in [1.165, 1.54) is 22.1 Å². The largest absolute Gasteiger partial charge is 0.379 e. The molecule has 1 fully saturated rings. The summed E-state index contributed by atoms with van der Waals surface area (Å²) < 4.78 is 5.69. The quantitative estimate of drug-likeness (QED) is 0.532. The van der Waals surface area contributed by atoms with Gasteiger partial charge < -0.3 is 14.6 Å². The minimum atomic E-state index is 0.106. The number of rotatable bonds is 7. The Kier molecular flexibility index (Phi) is 5.72. The lowest BCUT2D eigenvalue weighted by atomic mass is 9.96. The van der Waals surface area contributed by atoms with Gasteiger partial charge in [0.25, 0.3) is 0 Å². The Labute approximate surface area is 172 Å². The predicted molar refractivity (Wildman–Crippen MR) is 118 cm³/mol. The van der Waals surface area contributed by atoms with Crippen LogP contribution in [0.5, 0.6) is 0 Å². The van der Waals surface area contributed by atoms with Crippen LogP contribution >= 0.6 is 0 Å². The first-order valence-corrected chi connectivity index (χ1v) is 10.6. The average Bonchev–Trinajstić information content (AvgIpc) is 3.26. The topological polar surface area (TPSA) is 45.3 Å². The van der Waals surface area contributed by atoms with Crippen molar-refractivity contribution in [2.75, 3.05) is 13.2 Å². The third kappa shape index (κ3) is 4.08. The normalized spacial score (nSPS) is 17.0. The third-order valence-corrected chi connectivity index (χ3v) is 5.74. The molecule has 1 saturated heterocycles. The maximum absolute atomic E-state index is 12.7. The molecule has 1 aliphatic heterocycles. The number of carbonyl (C=O) groups is 1. The van der Waals surface area contributed by atoms with Crippen molar-refractivity contribution < 1.29 is 9.53 Å². The summed E-state index contributed by atoms with van der Waals surface area (Å²) >= 11 is 0. The van der Waals surface area contributed by atoms with Gasteiger partial charge in [-0.2, -0.15) is 0 Å². The number of amides is 1. The fourth-order valence-corrected chi connectivity index (χ4v) is 4.33. The van der Waals surface area contributed by atoms with Gasteiger partial charge in [0.15, 0.2) is 0 Å². The third-order valence-electron chi connectivity index (χ3n) is 5.74. The number of carbonyl (C=O) groups excluding carboxylic acids is 1. The van der Waals surface area contributed by atoms with Crippen molar-refractivity contribution in [3.05, 3.63) is 59.7 Å². The van der Waals surface area contributed by atoms with E-state index in [4.69, 9.17) is 4.74 Å². The van der Waals surface area contributed by atoms with E-state index >= 15 is 0 Å². The van der Waals surface area contributed by atoms with Gasteiger partial charge in [-0.1, -0.05) is 48.0 Å². The summed E-state index contributed by atoms with van der Waals surface area (Å²) in [6.45, 7) is 7.62. The summed E-state index contributed by atoms with van der Waals surface area (Å²) in [5.41, 5.74) is 5.92. The number of nitrogens with one attached hydrogen (secondary N) is 1. The number of hydrogen-bond donors (Lipinski definition) is 1. The first kappa shape index (κ1) is 19.7. The number of ether oxygens (including phenoxy) is 1. The summed E-state index contributed by atoms with van der Waals surface area (Å²) in [6, 6.07) is 17.2. The summed E-state index contributed by atoms with van der Waals surface area (Å²) in [7, 11) is 0. The van der Waals surface area contributed by atoms with Crippen LogP contribution in [0.4, 0.5) is 0 Å². The lowest BCUT2D eigenvalue weighted by Gasteiger charge is -2.26. The number of para-hydroxylation sites is 1. The number of nitrogens with zero attached hydrogens (tertiary/aromatic N) is 1. The van der Waals surface area contributed by atoms with E-state index in [2.05, 4.69) is 65.3 Å². The van der Waals surface area contributed by atoms with Crippen LogP contribution in [0.1, 0.15) is 50.3 Å². The minimum Gasteiger partial charge on any atom is -0.379 e. The van der Waals surface area contributed by atoms with Crippen molar-refractivity contribution >= 4 is 16.8 Å². The monoisotopic (exact) mass is 390 g/mol. The molecule has 1 aliphatic rings. The Morgan fingerprint density at radius 2 is 1.90 bits per heavy atom. The molecule has 152 valence electrons. The molecule has 4 rings (SSSR count). The first-order chi connectivity index (χ1) is 14.0. The fourth-order valence-electron chi connectivity index (χ4n) is 4.33. The fraction of sp³-hybridized carbons (Fsp3) is 0.400. The van der Waals surface area contributed by atoms with E-state index in [1.54, 1.807) is 0 Å². The number of H-pyrrole nitrogens is 1. The molecule has 0 bridgehead atoms. The lowest BCUT2D eigenvalue weighted by Crippen LogP contribution is -2.29. The highest BCUT2D eigenvalue weighted by molar-refractivity contribution is 5.92. The molecule has 29 heavy (non-hydrogen) atoms. The van der Waals surface area contributed by atoms with E-state index < -0.39 is 0 Å². The van der Waals surface area contributed by atoms with Gasteiger partial charge in [0, 0.05) is 36.0 Å². The Morgan fingerprint density at radius 3 is 2.66 bits per heavy atom. The maximum Gasteiger partial charge on any atom is 0.223 e. The number of hydrogen-bond acceptors (Lipinski definition) is 2. The zero-order valence-corrected chi connectivity index (χ0v) is 17.6. The van der Waals surface area contributed by atoms with Crippen molar-refractivity contribution in [1.29, 1.82) is 0 Å². The zero-order valence-electron chi connectivity index (χ0n) is 17.6. The van der Waals surface area contributed by atoms with Crippen LogP contribution in [0.15, 0.2) is 48.5 Å². The molecule has 0 unspecified atom stereocenters. The summed E-state index contributed by atoms with van der Waals surface area (Å²) in [4.78, 5) is 18.4. The first-order valence-electron chi connectivity index (χ1n) is 10.6. The molecular formula is C25H30N2O2. The Morgan fingerprint density at radius 1 is 1.14 bits per heavy atom. The Balaban J connectivity index is 1.70. The van der Waals surface area contributed by atoms with Gasteiger partial charge in [0.1, 0.15) is 0 Å². The Bertz CT molecular complexity index is 988. The standard InChI is InChI=1S/C25H30N2O2/c1-17(2)29-16-6-15-27-22(13-14-23(27)28)24-20-7-4-5-8-21(20)26-25(24)19-11-9-18(3)10-12-19/h4-5,7-12,17,22,26H,6,13-16H2,1-3H3/t22-/m0/s1. The van der Waals surface area contributed by atoms with Crippen molar-refractivity contribution in [1.82, 2.24) is 9.88 Å². The highest BCUT2D eigenvalue weighted by Gasteiger charge is 2.35. The van der Waals surface area contributed by atoms with Crippen LogP contribution in [-0.4, -0.2) is 35.0 Å². The SMILES string of the molecule is Cc1ccc(-c2[nH]c3ccccc3c2[C@@H]2CCC(=O)N2CCCOC(C)C)cc1. The number of aryl methyl sites for hydroxylation is 1. The molecular weight excluding hydrogens is 360 g/mol. The van der Waals surface area contributed by atoms with E-state index in [0.29, 0.717) is 13.0 Å². The van der Waals surface area contributed by atoms with Crippen LogP contribution in [0.25, 0.3) is 22.2 Å². The highest BCUT2D eigenvalue weighted by Crippen LogP contribution is 2.42. The van der Waals surface area contributed by atoms with E-state index in [-0.39, 0.29) is 18.1 Å². The van der Waals surface area contributed by atoms with Crippen LogP contribution < -0.4 is 0 Å². The van der Waals surface area contributed by atoms with E-state index in [0.717, 1.165) is 30.6 Å². The van der Waals surface area contributed by atoms with Gasteiger partial charge >= 0.3 is 0 Å². The molecule has 0 aliphatic carbocycles. The molecule has 0 saturated carbocycles. The van der Waals surface area contributed by atoms with Crippen LogP contribution in [0.2, 0.25) is 0 Å². The molecule has 4 nitrogen and oxygen atoms in total. The second-order valence-electron chi connectivity index (χ2n) is 8.24. The lowest BCUT2D eigenvalue weighted by molar-refractivity contribution is -0.129. The van der Waals surface area contributed by atoms with Crippen molar-refractivity contribution in [3.63, 3.8) is 0 Å². The molecule has 1 amide bonds. The molecule has 1 N–H and O–H groups in total. The van der Waals surface area contributed by atoms with Crippen LogP contribution in [-0.2, 0) is 9.53 Å². The molecule has 2 aromatic carbocycles. The number of fused-ring (bicyclic) bond motifs is 1. The van der Waals surface area contributed by atoms with Crippen LogP contribution in [0.3, 0.4) is 0 Å². The number of likely N-dealkylation sites (tertiary alicyclic amines) is 1. The van der Waals surface area contributed by atoms with Gasteiger partial charge in [-0.3, -0.25) is 4.79 Å².